The molecule has 0 aromatic heterocycles. The summed E-state index contributed by atoms with van der Waals surface area (Å²) in [7, 11) is 0. The Morgan fingerprint density at radius 2 is 1.17 bits per heavy atom. The highest BCUT2D eigenvalue weighted by Gasteiger charge is 2.54. The van der Waals surface area contributed by atoms with Gasteiger partial charge < -0.3 is 4.74 Å². The van der Waals surface area contributed by atoms with E-state index in [0.717, 1.165) is 11.1 Å². The summed E-state index contributed by atoms with van der Waals surface area (Å²) in [5.41, 5.74) is 1.08. The molecule has 3 aromatic rings. The van der Waals surface area contributed by atoms with Crippen molar-refractivity contribution in [1.29, 1.82) is 0 Å². The zero-order chi connectivity index (χ0) is 20.1. The maximum Gasteiger partial charge on any atom is 0.344 e. The summed E-state index contributed by atoms with van der Waals surface area (Å²) in [6.45, 7) is 0.832. The number of ether oxygens (including phenoxy) is 1. The second kappa shape index (κ2) is 8.25. The van der Waals surface area contributed by atoms with Gasteiger partial charge >= 0.3 is 5.97 Å². The summed E-state index contributed by atoms with van der Waals surface area (Å²) in [5, 5.41) is 0. The van der Waals surface area contributed by atoms with Crippen molar-refractivity contribution in [3.63, 3.8) is 0 Å². The molecular weight excluding hydrogens is 362 g/mol. The van der Waals surface area contributed by atoms with Gasteiger partial charge in [-0.25, -0.2) is 4.79 Å². The van der Waals surface area contributed by atoms with Gasteiger partial charge in [0.15, 0.2) is 5.78 Å². The zero-order valence-corrected chi connectivity index (χ0v) is 15.9. The van der Waals surface area contributed by atoms with E-state index in [1.165, 1.54) is 12.3 Å². The molecule has 1 atom stereocenters. The average molecular weight is 383 g/mol. The van der Waals surface area contributed by atoms with Crippen molar-refractivity contribution in [3.05, 3.63) is 120 Å². The van der Waals surface area contributed by atoms with Crippen LogP contribution in [0.5, 0.6) is 0 Å². The van der Waals surface area contributed by atoms with Crippen LogP contribution in [0, 0.1) is 0 Å². The average Bonchev–Trinajstić information content (AvgIpc) is 2.76. The lowest BCUT2D eigenvalue weighted by Crippen LogP contribution is -2.58. The molecule has 0 saturated carbocycles. The molecule has 4 rings (SSSR count). The van der Waals surface area contributed by atoms with Gasteiger partial charge in [0.25, 0.3) is 0 Å². The topological polar surface area (TPSA) is 46.6 Å². The molecule has 1 unspecified atom stereocenters. The van der Waals surface area contributed by atoms with Crippen LogP contribution in [-0.2, 0) is 33.0 Å². The smallest absolute Gasteiger partial charge is 0.344 e. The fraction of sp³-hybridized carbons (Fsp3) is 0.120. The number of benzene rings is 3. The molecule has 0 fully saturated rings. The molecule has 144 valence electrons. The monoisotopic (exact) mass is 383 g/mol. The molecule has 4 heteroatoms. The third-order valence-corrected chi connectivity index (χ3v) is 5.14. The van der Waals surface area contributed by atoms with Crippen LogP contribution in [0.15, 0.2) is 103 Å². The van der Waals surface area contributed by atoms with Gasteiger partial charge in [-0.3, -0.25) is 9.69 Å². The van der Waals surface area contributed by atoms with E-state index >= 15 is 0 Å². The van der Waals surface area contributed by atoms with Crippen molar-refractivity contribution >= 4 is 11.8 Å². The predicted octanol–water partition coefficient (Wildman–Crippen LogP) is 4.22. The van der Waals surface area contributed by atoms with Crippen LogP contribution in [0.2, 0.25) is 0 Å². The number of carbonyl (C=O) groups is 2. The fourth-order valence-corrected chi connectivity index (χ4v) is 3.77. The molecule has 0 N–H and O–H groups in total. The zero-order valence-electron chi connectivity index (χ0n) is 15.9. The van der Waals surface area contributed by atoms with Gasteiger partial charge in [0, 0.05) is 19.2 Å². The molecule has 29 heavy (non-hydrogen) atoms. The van der Waals surface area contributed by atoms with Crippen molar-refractivity contribution in [2.45, 2.75) is 18.6 Å². The minimum atomic E-state index is -1.54. The number of esters is 1. The minimum absolute atomic E-state index is 0.299. The molecule has 3 aromatic carbocycles. The van der Waals surface area contributed by atoms with Crippen molar-refractivity contribution in [1.82, 2.24) is 4.90 Å². The van der Waals surface area contributed by atoms with E-state index in [-0.39, 0.29) is 5.78 Å². The van der Waals surface area contributed by atoms with Gasteiger partial charge in [-0.15, -0.1) is 0 Å². The summed E-state index contributed by atoms with van der Waals surface area (Å²) in [6, 6.07) is 28.8. The molecule has 0 spiro atoms. The maximum absolute atomic E-state index is 13.3. The van der Waals surface area contributed by atoms with E-state index in [9.17, 15) is 9.59 Å². The normalized spacial score (nSPS) is 18.7. The summed E-state index contributed by atoms with van der Waals surface area (Å²) >= 11 is 0. The van der Waals surface area contributed by atoms with Gasteiger partial charge in [0.2, 0.25) is 5.54 Å². The van der Waals surface area contributed by atoms with Crippen LogP contribution in [0.1, 0.15) is 16.7 Å². The Labute approximate surface area is 170 Å². The van der Waals surface area contributed by atoms with Crippen LogP contribution in [0.3, 0.4) is 0 Å². The molecule has 0 amide bonds. The SMILES string of the molecule is O=C1C=COC(=O)C1(c1ccccc1)N(Cc1ccccc1)Cc1ccccc1. The second-order valence-electron chi connectivity index (χ2n) is 6.98. The van der Waals surface area contributed by atoms with Crippen molar-refractivity contribution in [2.24, 2.45) is 0 Å². The number of hydrogen-bond donors (Lipinski definition) is 0. The van der Waals surface area contributed by atoms with Gasteiger partial charge in [-0.2, -0.15) is 0 Å². The highest BCUT2D eigenvalue weighted by atomic mass is 16.5. The number of cyclic esters (lactones) is 1. The molecule has 0 radical (unpaired) electrons. The lowest BCUT2D eigenvalue weighted by Gasteiger charge is -2.41. The van der Waals surface area contributed by atoms with Gasteiger partial charge in [0.1, 0.15) is 0 Å². The Balaban J connectivity index is 1.87. The van der Waals surface area contributed by atoms with Crippen LogP contribution in [-0.4, -0.2) is 16.7 Å². The molecule has 1 heterocycles. The molecule has 0 bridgehead atoms. The summed E-state index contributed by atoms with van der Waals surface area (Å²) in [5.74, 6) is -0.880. The van der Waals surface area contributed by atoms with Gasteiger partial charge in [-0.05, 0) is 16.7 Å². The summed E-state index contributed by atoms with van der Waals surface area (Å²) in [4.78, 5) is 28.4. The summed E-state index contributed by atoms with van der Waals surface area (Å²) in [6.07, 6.45) is 2.52. The standard InChI is InChI=1S/C25H21NO3/c27-23-16-17-29-24(28)25(23,22-14-8-3-9-15-22)26(18-20-10-4-1-5-11-20)19-21-12-6-2-7-13-21/h1-17H,18-19H2. The molecule has 0 aliphatic carbocycles. The van der Waals surface area contributed by atoms with Crippen LogP contribution >= 0.6 is 0 Å². The Hall–Kier alpha value is -3.50. The first kappa shape index (κ1) is 18.8. The summed E-state index contributed by atoms with van der Waals surface area (Å²) < 4.78 is 5.29. The third-order valence-electron chi connectivity index (χ3n) is 5.14. The number of nitrogens with zero attached hydrogens (tertiary/aromatic N) is 1. The predicted molar refractivity (Wildman–Crippen MR) is 110 cm³/mol. The van der Waals surface area contributed by atoms with E-state index < -0.39 is 11.5 Å². The maximum atomic E-state index is 13.3. The number of ketones is 1. The van der Waals surface area contributed by atoms with E-state index in [1.807, 2.05) is 83.8 Å². The lowest BCUT2D eigenvalue weighted by atomic mass is 9.82. The Bertz CT molecular complexity index is 974. The molecular formula is C25H21NO3. The number of carbonyl (C=O) groups excluding carboxylic acids is 2. The van der Waals surface area contributed by atoms with Crippen LogP contribution in [0.4, 0.5) is 0 Å². The van der Waals surface area contributed by atoms with E-state index in [0.29, 0.717) is 18.7 Å². The van der Waals surface area contributed by atoms with Gasteiger partial charge in [-0.1, -0.05) is 91.0 Å². The first-order valence-corrected chi connectivity index (χ1v) is 9.52. The Kier molecular flexibility index (Phi) is 5.36. The molecule has 4 nitrogen and oxygen atoms in total. The van der Waals surface area contributed by atoms with Crippen LogP contribution in [0.25, 0.3) is 0 Å². The molecule has 0 saturated heterocycles. The van der Waals surface area contributed by atoms with Crippen molar-refractivity contribution in [2.75, 3.05) is 0 Å². The highest BCUT2D eigenvalue weighted by molar-refractivity contribution is 6.15. The third kappa shape index (κ3) is 3.62. The molecule has 1 aliphatic rings. The number of rotatable bonds is 6. The van der Waals surface area contributed by atoms with E-state index in [1.54, 1.807) is 12.1 Å². The first-order valence-electron chi connectivity index (χ1n) is 9.52. The first-order chi connectivity index (χ1) is 14.2. The Morgan fingerprint density at radius 1 is 0.690 bits per heavy atom. The van der Waals surface area contributed by atoms with Crippen LogP contribution < -0.4 is 0 Å². The molecule has 1 aliphatic heterocycles. The Morgan fingerprint density at radius 3 is 1.66 bits per heavy atom. The van der Waals surface area contributed by atoms with Crippen molar-refractivity contribution in [3.8, 4) is 0 Å². The lowest BCUT2D eigenvalue weighted by molar-refractivity contribution is -0.161. The van der Waals surface area contributed by atoms with E-state index in [2.05, 4.69) is 0 Å². The quantitative estimate of drug-likeness (QED) is 0.472. The number of hydrogen-bond acceptors (Lipinski definition) is 4. The van der Waals surface area contributed by atoms with Crippen molar-refractivity contribution < 1.29 is 14.3 Å². The highest BCUT2D eigenvalue weighted by Crippen LogP contribution is 2.36. The van der Waals surface area contributed by atoms with Gasteiger partial charge in [0.05, 0.1) is 6.26 Å². The van der Waals surface area contributed by atoms with E-state index in [4.69, 9.17) is 4.74 Å². The largest absolute Gasteiger partial charge is 0.432 e. The second-order valence-corrected chi connectivity index (χ2v) is 6.98. The minimum Gasteiger partial charge on any atom is -0.432 e. The fourth-order valence-electron chi connectivity index (χ4n) is 3.77.